The molecule has 0 bridgehead atoms. The van der Waals surface area contributed by atoms with Crippen LogP contribution in [0, 0.1) is 0 Å². The molecule has 0 aliphatic carbocycles. The molecule has 2 aromatic carbocycles. The van der Waals surface area contributed by atoms with Gasteiger partial charge in [-0.3, -0.25) is 4.79 Å². The quantitative estimate of drug-likeness (QED) is 0.798. The van der Waals surface area contributed by atoms with E-state index in [0.717, 1.165) is 23.4 Å². The van der Waals surface area contributed by atoms with Gasteiger partial charge in [0, 0.05) is 5.56 Å². The van der Waals surface area contributed by atoms with Crippen LogP contribution in [-0.2, 0) is 10.9 Å². The topological polar surface area (TPSA) is 38.8 Å². The maximum atomic E-state index is 12.8. The number of carbonyl (C=O) groups is 1. The number of nitrogens with zero attached hydrogens (tertiary/aromatic N) is 1. The molecule has 7 heteroatoms. The number of hydrogen-bond donors (Lipinski definition) is 0. The number of morpholine rings is 1. The molecule has 0 radical (unpaired) electrons. The summed E-state index contributed by atoms with van der Waals surface area (Å²) in [6.45, 7) is 2.53. The van der Waals surface area contributed by atoms with Crippen molar-refractivity contribution in [2.75, 3.05) is 20.3 Å². The number of hydrogen-bond acceptors (Lipinski definition) is 3. The Morgan fingerprint density at radius 1 is 1.11 bits per heavy atom. The summed E-state index contributed by atoms with van der Waals surface area (Å²) in [5.41, 5.74) is 0.364. The van der Waals surface area contributed by atoms with Crippen LogP contribution >= 0.6 is 0 Å². The molecule has 144 valence electrons. The lowest BCUT2D eigenvalue weighted by atomic mass is 10.0. The third-order valence-corrected chi connectivity index (χ3v) is 4.64. The van der Waals surface area contributed by atoms with E-state index in [1.54, 1.807) is 12.0 Å². The van der Waals surface area contributed by atoms with Crippen LogP contribution in [0.15, 0.2) is 48.5 Å². The summed E-state index contributed by atoms with van der Waals surface area (Å²) in [5, 5.41) is 0. The van der Waals surface area contributed by atoms with Crippen LogP contribution in [0.5, 0.6) is 5.75 Å². The summed E-state index contributed by atoms with van der Waals surface area (Å²) in [7, 11) is 1.58. The van der Waals surface area contributed by atoms with Gasteiger partial charge in [-0.05, 0) is 48.9 Å². The first kappa shape index (κ1) is 19.2. The Labute approximate surface area is 155 Å². The molecule has 1 aliphatic rings. The lowest BCUT2D eigenvalue weighted by molar-refractivity contribution is -0.137. The molecule has 0 aromatic heterocycles. The van der Waals surface area contributed by atoms with Crippen molar-refractivity contribution in [3.63, 3.8) is 0 Å². The van der Waals surface area contributed by atoms with Crippen molar-refractivity contribution in [3.8, 4) is 5.75 Å². The summed E-state index contributed by atoms with van der Waals surface area (Å²) in [4.78, 5) is 14.5. The molecule has 2 unspecified atom stereocenters. The third kappa shape index (κ3) is 4.24. The first-order chi connectivity index (χ1) is 12.8. The monoisotopic (exact) mass is 379 g/mol. The van der Waals surface area contributed by atoms with Crippen LogP contribution in [0.3, 0.4) is 0 Å². The Hall–Kier alpha value is -2.54. The number of ether oxygens (including phenoxy) is 2. The van der Waals surface area contributed by atoms with Crippen molar-refractivity contribution in [2.24, 2.45) is 0 Å². The lowest BCUT2D eigenvalue weighted by Crippen LogP contribution is -2.48. The maximum Gasteiger partial charge on any atom is 0.416 e. The number of carbonyl (C=O) groups excluding carboxylic acids is 1. The number of amides is 1. The predicted molar refractivity (Wildman–Crippen MR) is 93.6 cm³/mol. The van der Waals surface area contributed by atoms with E-state index in [4.69, 9.17) is 9.47 Å². The largest absolute Gasteiger partial charge is 0.497 e. The van der Waals surface area contributed by atoms with Gasteiger partial charge in [0.15, 0.2) is 0 Å². The van der Waals surface area contributed by atoms with Gasteiger partial charge in [-0.2, -0.15) is 13.2 Å². The first-order valence-electron chi connectivity index (χ1n) is 8.53. The first-order valence-corrected chi connectivity index (χ1v) is 8.53. The lowest BCUT2D eigenvalue weighted by Gasteiger charge is -2.38. The van der Waals surface area contributed by atoms with E-state index in [1.165, 1.54) is 12.1 Å². The Balaban J connectivity index is 1.76. The van der Waals surface area contributed by atoms with E-state index in [-0.39, 0.29) is 23.6 Å². The Bertz CT molecular complexity index is 788. The minimum Gasteiger partial charge on any atom is -0.497 e. The molecule has 27 heavy (non-hydrogen) atoms. The molecule has 4 nitrogen and oxygen atoms in total. The van der Waals surface area contributed by atoms with Crippen LogP contribution in [0.4, 0.5) is 13.2 Å². The van der Waals surface area contributed by atoms with Crippen molar-refractivity contribution in [1.29, 1.82) is 0 Å². The van der Waals surface area contributed by atoms with Crippen LogP contribution in [0.25, 0.3) is 0 Å². The average Bonchev–Trinajstić information content (AvgIpc) is 2.67. The summed E-state index contributed by atoms with van der Waals surface area (Å²) < 4.78 is 49.1. The van der Waals surface area contributed by atoms with Gasteiger partial charge in [0.25, 0.3) is 5.91 Å². The standard InChI is InChI=1S/C20H20F3NO3/c1-13-12-27-18(14-5-9-17(26-2)10-6-14)11-24(13)19(25)15-3-7-16(8-4-15)20(21,22)23/h3-10,13,18H,11-12H2,1-2H3. The van der Waals surface area contributed by atoms with Crippen LogP contribution < -0.4 is 4.74 Å². The van der Waals surface area contributed by atoms with E-state index in [2.05, 4.69) is 0 Å². The summed E-state index contributed by atoms with van der Waals surface area (Å²) >= 11 is 0. The van der Waals surface area contributed by atoms with Crippen molar-refractivity contribution in [3.05, 3.63) is 65.2 Å². The van der Waals surface area contributed by atoms with Gasteiger partial charge in [0.2, 0.25) is 0 Å². The molecule has 0 N–H and O–H groups in total. The van der Waals surface area contributed by atoms with Gasteiger partial charge in [0.05, 0.1) is 31.9 Å². The highest BCUT2D eigenvalue weighted by molar-refractivity contribution is 5.94. The number of alkyl halides is 3. The molecule has 2 atom stereocenters. The minimum atomic E-state index is -4.42. The van der Waals surface area contributed by atoms with E-state index >= 15 is 0 Å². The SMILES string of the molecule is COc1ccc(C2CN(C(=O)c3ccc(C(F)(F)F)cc3)C(C)CO2)cc1. The Morgan fingerprint density at radius 3 is 2.30 bits per heavy atom. The fourth-order valence-corrected chi connectivity index (χ4v) is 3.03. The van der Waals surface area contributed by atoms with Gasteiger partial charge in [-0.25, -0.2) is 0 Å². The highest BCUT2D eigenvalue weighted by Crippen LogP contribution is 2.30. The number of rotatable bonds is 3. The normalized spacial score (nSPS) is 20.4. The van der Waals surface area contributed by atoms with Crippen molar-refractivity contribution in [1.82, 2.24) is 4.90 Å². The van der Waals surface area contributed by atoms with E-state index < -0.39 is 11.7 Å². The zero-order valence-electron chi connectivity index (χ0n) is 15.0. The fraction of sp³-hybridized carbons (Fsp3) is 0.350. The van der Waals surface area contributed by atoms with Crippen LogP contribution in [-0.4, -0.2) is 37.1 Å². The molecule has 2 aromatic rings. The predicted octanol–water partition coefficient (Wildman–Crippen LogP) is 4.32. The second-order valence-electron chi connectivity index (χ2n) is 6.48. The zero-order chi connectivity index (χ0) is 19.6. The number of benzene rings is 2. The van der Waals surface area contributed by atoms with Crippen LogP contribution in [0.2, 0.25) is 0 Å². The molecule has 3 rings (SSSR count). The fourth-order valence-electron chi connectivity index (χ4n) is 3.03. The minimum absolute atomic E-state index is 0.172. The molecule has 0 spiro atoms. The van der Waals surface area contributed by atoms with E-state index in [1.807, 2.05) is 31.2 Å². The second kappa shape index (κ2) is 7.60. The number of halogens is 3. The molecule has 1 heterocycles. The Morgan fingerprint density at radius 2 is 1.74 bits per heavy atom. The van der Waals surface area contributed by atoms with Gasteiger partial charge >= 0.3 is 6.18 Å². The molecule has 1 fully saturated rings. The zero-order valence-corrected chi connectivity index (χ0v) is 15.0. The van der Waals surface area contributed by atoms with Gasteiger partial charge < -0.3 is 14.4 Å². The molecular weight excluding hydrogens is 359 g/mol. The molecule has 1 saturated heterocycles. The van der Waals surface area contributed by atoms with Gasteiger partial charge in [-0.15, -0.1) is 0 Å². The summed E-state index contributed by atoms with van der Waals surface area (Å²) in [5.74, 6) is 0.415. The van der Waals surface area contributed by atoms with Crippen molar-refractivity contribution < 1.29 is 27.4 Å². The highest BCUT2D eigenvalue weighted by atomic mass is 19.4. The average molecular weight is 379 g/mol. The summed E-state index contributed by atoms with van der Waals surface area (Å²) in [6.07, 6.45) is -4.72. The molecule has 0 saturated carbocycles. The molecule has 1 aliphatic heterocycles. The summed E-state index contributed by atoms with van der Waals surface area (Å²) in [6, 6.07) is 11.5. The number of methoxy groups -OCH3 is 1. The van der Waals surface area contributed by atoms with Gasteiger partial charge in [0.1, 0.15) is 11.9 Å². The molecular formula is C20H20F3NO3. The highest BCUT2D eigenvalue weighted by Gasteiger charge is 2.33. The molecule has 1 amide bonds. The third-order valence-electron chi connectivity index (χ3n) is 4.64. The smallest absolute Gasteiger partial charge is 0.416 e. The van der Waals surface area contributed by atoms with Crippen molar-refractivity contribution >= 4 is 5.91 Å². The van der Waals surface area contributed by atoms with Crippen molar-refractivity contribution in [2.45, 2.75) is 25.2 Å². The van der Waals surface area contributed by atoms with Gasteiger partial charge in [-0.1, -0.05) is 12.1 Å². The second-order valence-corrected chi connectivity index (χ2v) is 6.48. The Kier molecular flexibility index (Phi) is 5.41. The van der Waals surface area contributed by atoms with E-state index in [0.29, 0.717) is 13.2 Å². The van der Waals surface area contributed by atoms with E-state index in [9.17, 15) is 18.0 Å². The maximum absolute atomic E-state index is 12.8. The van der Waals surface area contributed by atoms with Crippen LogP contribution in [0.1, 0.15) is 34.5 Å².